The zero-order valence-electron chi connectivity index (χ0n) is 22.4. The highest BCUT2D eigenvalue weighted by atomic mass is 35.5. The number of hydrogen-bond donors (Lipinski definition) is 1. The molecule has 2 aliphatic rings. The molecule has 1 aliphatic heterocycles. The molecule has 3 aromatic carbocycles. The lowest BCUT2D eigenvalue weighted by molar-refractivity contribution is -0.206. The van der Waals surface area contributed by atoms with E-state index in [0.717, 1.165) is 36.2 Å². The second-order valence-corrected chi connectivity index (χ2v) is 10.9. The van der Waals surface area contributed by atoms with E-state index in [1.165, 1.54) is 18.2 Å². The van der Waals surface area contributed by atoms with E-state index in [4.69, 9.17) is 16.3 Å². The van der Waals surface area contributed by atoms with Crippen molar-refractivity contribution in [2.75, 3.05) is 26.3 Å². The average Bonchev–Trinajstić information content (AvgIpc) is 3.31. The van der Waals surface area contributed by atoms with Crippen LogP contribution in [0, 0.1) is 5.82 Å². The van der Waals surface area contributed by atoms with Crippen molar-refractivity contribution in [2.24, 2.45) is 0 Å². The third-order valence-electron chi connectivity index (χ3n) is 7.76. The van der Waals surface area contributed by atoms with E-state index in [9.17, 15) is 27.1 Å². The molecule has 3 nitrogen and oxygen atoms in total. The number of alkyl halides is 4. The van der Waals surface area contributed by atoms with E-state index >= 15 is 0 Å². The van der Waals surface area contributed by atoms with E-state index in [-0.39, 0.29) is 23.4 Å². The number of nitrogens with zero attached hydrogens (tertiary/aromatic N) is 1. The van der Waals surface area contributed by atoms with Crippen LogP contribution in [0.3, 0.4) is 0 Å². The van der Waals surface area contributed by atoms with Gasteiger partial charge < -0.3 is 9.84 Å². The van der Waals surface area contributed by atoms with E-state index in [1.54, 1.807) is 18.2 Å². The highest BCUT2D eigenvalue weighted by molar-refractivity contribution is 6.33. The van der Waals surface area contributed by atoms with E-state index < -0.39 is 18.1 Å². The van der Waals surface area contributed by atoms with Crippen molar-refractivity contribution in [3.8, 4) is 5.75 Å². The highest BCUT2D eigenvalue weighted by Crippen LogP contribution is 2.44. The number of hydrogen-bond acceptors (Lipinski definition) is 3. The van der Waals surface area contributed by atoms with Crippen LogP contribution in [0.4, 0.5) is 22.0 Å². The first-order valence-corrected chi connectivity index (χ1v) is 14.1. The third-order valence-corrected chi connectivity index (χ3v) is 8.14. The van der Waals surface area contributed by atoms with Gasteiger partial charge in [-0.25, -0.2) is 4.39 Å². The van der Waals surface area contributed by atoms with Crippen LogP contribution in [0.1, 0.15) is 59.6 Å². The molecule has 0 bridgehead atoms. The van der Waals surface area contributed by atoms with Crippen LogP contribution >= 0.6 is 11.6 Å². The molecule has 1 unspecified atom stereocenters. The van der Waals surface area contributed by atoms with Gasteiger partial charge in [0.25, 0.3) is 0 Å². The van der Waals surface area contributed by atoms with Gasteiger partial charge in [0.1, 0.15) is 17.7 Å². The number of fused-ring (bicyclic) bond motifs is 1. The molecule has 5 rings (SSSR count). The highest BCUT2D eigenvalue weighted by Gasteiger charge is 2.39. The first-order valence-electron chi connectivity index (χ1n) is 13.8. The van der Waals surface area contributed by atoms with Crippen molar-refractivity contribution in [1.29, 1.82) is 0 Å². The number of aryl methyl sites for hydroxylation is 1. The summed E-state index contributed by atoms with van der Waals surface area (Å²) < 4.78 is 73.1. The zero-order valence-corrected chi connectivity index (χ0v) is 23.1. The van der Waals surface area contributed by atoms with E-state index in [1.807, 2.05) is 24.3 Å². The van der Waals surface area contributed by atoms with Gasteiger partial charge in [-0.15, -0.1) is 0 Å². The number of ether oxygens (including phenoxy) is 1. The quantitative estimate of drug-likeness (QED) is 0.268. The van der Waals surface area contributed by atoms with Gasteiger partial charge in [0.05, 0.1) is 11.7 Å². The predicted molar refractivity (Wildman–Crippen MR) is 150 cm³/mol. The Kier molecular flexibility index (Phi) is 9.02. The van der Waals surface area contributed by atoms with Crippen molar-refractivity contribution in [2.45, 2.75) is 50.5 Å². The molecule has 3 aromatic rings. The number of allylic oxidation sites excluding steroid dienone is 1. The third kappa shape index (κ3) is 6.60. The van der Waals surface area contributed by atoms with Crippen molar-refractivity contribution < 1.29 is 31.8 Å². The van der Waals surface area contributed by atoms with E-state index in [2.05, 4.69) is 4.90 Å². The summed E-state index contributed by atoms with van der Waals surface area (Å²) >= 11 is 6.43. The summed E-state index contributed by atoms with van der Waals surface area (Å²) in [6, 6.07) is 16.4. The molecule has 41 heavy (non-hydrogen) atoms. The molecule has 1 N–H and O–H groups in total. The van der Waals surface area contributed by atoms with Gasteiger partial charge >= 0.3 is 6.18 Å². The maximum atomic E-state index is 14.5. The lowest BCUT2D eigenvalue weighted by Crippen LogP contribution is -2.26. The molecule has 0 aromatic heterocycles. The number of aliphatic hydroxyl groups excluding tert-OH is 1. The summed E-state index contributed by atoms with van der Waals surface area (Å²) in [7, 11) is 0. The second-order valence-electron chi connectivity index (χ2n) is 10.6. The molecule has 1 saturated heterocycles. The molecule has 2 atom stereocenters. The Morgan fingerprint density at radius 1 is 1.02 bits per heavy atom. The molecule has 1 fully saturated rings. The molecular weight excluding hydrogens is 561 g/mol. The van der Waals surface area contributed by atoms with E-state index in [0.29, 0.717) is 54.7 Å². The Bertz CT molecular complexity index is 1410. The summed E-state index contributed by atoms with van der Waals surface area (Å²) in [5, 5.41) is 9.88. The zero-order chi connectivity index (χ0) is 29.1. The SMILES string of the molecule is OC(c1ccc2c(c1)CCCC(c1cccc(F)c1Cl)=C2c1ccc(O[C@H]2CCN(CCCF)C2)cc1)C(F)(F)F. The molecule has 0 amide bonds. The topological polar surface area (TPSA) is 32.7 Å². The van der Waals surface area contributed by atoms with Gasteiger partial charge in [0, 0.05) is 19.6 Å². The van der Waals surface area contributed by atoms with Crippen LogP contribution in [-0.2, 0) is 6.42 Å². The fourth-order valence-corrected chi connectivity index (χ4v) is 6.01. The maximum Gasteiger partial charge on any atom is 0.418 e. The fraction of sp³-hybridized carbons (Fsp3) is 0.375. The Balaban J connectivity index is 1.53. The molecule has 0 spiro atoms. The molecular formula is C32H31ClF5NO2. The summed E-state index contributed by atoms with van der Waals surface area (Å²) in [5.41, 5.74) is 4.04. The molecule has 9 heteroatoms. The second kappa shape index (κ2) is 12.5. The smallest absolute Gasteiger partial charge is 0.418 e. The van der Waals surface area contributed by atoms with Crippen molar-refractivity contribution in [3.05, 3.63) is 99.3 Å². The minimum absolute atomic E-state index is 0.00146. The van der Waals surface area contributed by atoms with Crippen molar-refractivity contribution >= 4 is 22.7 Å². The summed E-state index contributed by atoms with van der Waals surface area (Å²) in [6.45, 7) is 1.95. The van der Waals surface area contributed by atoms with Crippen LogP contribution in [0.25, 0.3) is 11.1 Å². The summed E-state index contributed by atoms with van der Waals surface area (Å²) in [6.07, 6.45) is -4.40. The molecule has 1 aliphatic carbocycles. The minimum Gasteiger partial charge on any atom is -0.489 e. The Labute approximate surface area is 241 Å². The number of likely N-dealkylation sites (tertiary alicyclic amines) is 1. The largest absolute Gasteiger partial charge is 0.489 e. The van der Waals surface area contributed by atoms with Gasteiger partial charge in [-0.2, -0.15) is 13.2 Å². The first-order chi connectivity index (χ1) is 19.7. The van der Waals surface area contributed by atoms with Crippen molar-refractivity contribution in [3.63, 3.8) is 0 Å². The van der Waals surface area contributed by atoms with Gasteiger partial charge in [0.15, 0.2) is 6.10 Å². The Hall–Kier alpha value is -2.94. The monoisotopic (exact) mass is 591 g/mol. The normalized spacial score (nSPS) is 18.8. The first kappa shape index (κ1) is 29.5. The number of halogens is 6. The molecule has 1 heterocycles. The van der Waals surface area contributed by atoms with Crippen LogP contribution in [0.2, 0.25) is 5.02 Å². The van der Waals surface area contributed by atoms with Crippen LogP contribution in [0.5, 0.6) is 5.75 Å². The van der Waals surface area contributed by atoms with Gasteiger partial charge in [-0.05, 0) is 89.3 Å². The Morgan fingerprint density at radius 3 is 2.54 bits per heavy atom. The van der Waals surface area contributed by atoms with Crippen LogP contribution < -0.4 is 4.74 Å². The number of benzene rings is 3. The van der Waals surface area contributed by atoms with Crippen molar-refractivity contribution in [1.82, 2.24) is 4.90 Å². The Morgan fingerprint density at radius 2 is 1.80 bits per heavy atom. The molecule has 0 saturated carbocycles. The maximum absolute atomic E-state index is 14.5. The van der Waals surface area contributed by atoms with Gasteiger partial charge in [-0.1, -0.05) is 54.1 Å². The number of rotatable bonds is 8. The summed E-state index contributed by atoms with van der Waals surface area (Å²) in [4.78, 5) is 2.19. The predicted octanol–water partition coefficient (Wildman–Crippen LogP) is 8.18. The lowest BCUT2D eigenvalue weighted by atomic mass is 9.87. The van der Waals surface area contributed by atoms with Crippen LogP contribution in [-0.4, -0.2) is 48.6 Å². The van der Waals surface area contributed by atoms with Gasteiger partial charge in [-0.3, -0.25) is 9.29 Å². The van der Waals surface area contributed by atoms with Crippen LogP contribution in [0.15, 0.2) is 60.7 Å². The summed E-state index contributed by atoms with van der Waals surface area (Å²) in [5.74, 6) is 0.125. The molecule has 0 radical (unpaired) electrons. The standard InChI is InChI=1S/C32H31ClF5NO2/c33-30-27(6-2-7-28(30)35)26-5-1-4-21-18-22(31(40)32(36,37)38)10-13-25(21)29(26)20-8-11-23(12-9-20)41-24-14-17-39(19-24)16-3-15-34/h2,6-13,18,24,31,40H,1,3-5,14-17,19H2/t24-,31?/m0/s1. The number of aliphatic hydroxyl groups is 1. The lowest BCUT2D eigenvalue weighted by Gasteiger charge is -2.20. The van der Waals surface area contributed by atoms with Gasteiger partial charge in [0.2, 0.25) is 0 Å². The molecule has 218 valence electrons. The average molecular weight is 592 g/mol. The minimum atomic E-state index is -4.78. The fourth-order valence-electron chi connectivity index (χ4n) is 5.77.